The van der Waals surface area contributed by atoms with Crippen LogP contribution >= 0.6 is 15.9 Å². The molecule has 0 radical (unpaired) electrons. The lowest BCUT2D eigenvalue weighted by molar-refractivity contribution is 0.625. The summed E-state index contributed by atoms with van der Waals surface area (Å²) in [5, 5.41) is 1.30. The normalized spacial score (nSPS) is 12.6. The van der Waals surface area contributed by atoms with Crippen LogP contribution in [0.5, 0.6) is 0 Å². The van der Waals surface area contributed by atoms with E-state index in [0.29, 0.717) is 9.86 Å². The number of rotatable bonds is 2. The van der Waals surface area contributed by atoms with Crippen molar-refractivity contribution in [3.05, 3.63) is 81.8 Å². The van der Waals surface area contributed by atoms with Gasteiger partial charge >= 0.3 is 0 Å². The summed E-state index contributed by atoms with van der Waals surface area (Å²) in [5.74, 6) is -0.610. The molecule has 1 atom stereocenters. The molecule has 0 heterocycles. The van der Waals surface area contributed by atoms with Crippen molar-refractivity contribution in [3.63, 3.8) is 0 Å². The summed E-state index contributed by atoms with van der Waals surface area (Å²) in [6.07, 6.45) is 0. The Balaban J connectivity index is 2.18. The molecule has 0 fully saturated rings. The Kier molecular flexibility index (Phi) is 3.74. The SMILES string of the molecule is NC(c1ccc(F)cc1Br)c1ccc(F)c2ccccc12. The molecule has 0 amide bonds. The summed E-state index contributed by atoms with van der Waals surface area (Å²) in [4.78, 5) is 0. The maximum atomic E-state index is 13.9. The van der Waals surface area contributed by atoms with Gasteiger partial charge in [-0.3, -0.25) is 0 Å². The highest BCUT2D eigenvalue weighted by molar-refractivity contribution is 9.10. The third kappa shape index (κ3) is 2.57. The Morgan fingerprint density at radius 1 is 0.857 bits per heavy atom. The molecule has 0 saturated carbocycles. The summed E-state index contributed by atoms with van der Waals surface area (Å²) in [5.41, 5.74) is 7.87. The van der Waals surface area contributed by atoms with Gasteiger partial charge in [-0.15, -0.1) is 0 Å². The quantitative estimate of drug-likeness (QED) is 0.698. The van der Waals surface area contributed by atoms with E-state index in [1.807, 2.05) is 12.1 Å². The fourth-order valence-electron chi connectivity index (χ4n) is 2.48. The van der Waals surface area contributed by atoms with Crippen LogP contribution in [0.3, 0.4) is 0 Å². The van der Waals surface area contributed by atoms with Gasteiger partial charge in [-0.05, 0) is 34.7 Å². The average molecular weight is 348 g/mol. The number of hydrogen-bond acceptors (Lipinski definition) is 1. The van der Waals surface area contributed by atoms with Crippen LogP contribution in [0.25, 0.3) is 10.8 Å². The minimum absolute atomic E-state index is 0.278. The standard InChI is InChI=1S/C17H12BrF2N/c18-15-9-10(19)5-6-14(15)17(21)13-7-8-16(20)12-4-2-1-3-11(12)13/h1-9,17H,21H2. The van der Waals surface area contributed by atoms with E-state index in [4.69, 9.17) is 5.73 Å². The molecule has 1 nitrogen and oxygen atoms in total. The zero-order valence-corrected chi connectivity index (χ0v) is 12.6. The molecular weight excluding hydrogens is 336 g/mol. The number of halogens is 3. The Bertz CT molecular complexity index is 817. The number of nitrogens with two attached hydrogens (primary N) is 1. The van der Waals surface area contributed by atoms with Crippen LogP contribution in [-0.2, 0) is 0 Å². The summed E-state index contributed by atoms with van der Waals surface area (Å²) in [7, 11) is 0. The number of benzene rings is 3. The van der Waals surface area contributed by atoms with Crippen LogP contribution in [-0.4, -0.2) is 0 Å². The summed E-state index contributed by atoms with van der Waals surface area (Å²) >= 11 is 3.33. The van der Waals surface area contributed by atoms with Crippen molar-refractivity contribution < 1.29 is 8.78 Å². The fourth-order valence-corrected chi connectivity index (χ4v) is 3.08. The van der Waals surface area contributed by atoms with E-state index in [2.05, 4.69) is 15.9 Å². The molecule has 0 saturated heterocycles. The van der Waals surface area contributed by atoms with Gasteiger partial charge in [0.25, 0.3) is 0 Å². The summed E-state index contributed by atoms with van der Waals surface area (Å²) in [6.45, 7) is 0. The van der Waals surface area contributed by atoms with E-state index >= 15 is 0 Å². The van der Waals surface area contributed by atoms with Crippen LogP contribution in [0.4, 0.5) is 8.78 Å². The highest BCUT2D eigenvalue weighted by Gasteiger charge is 2.16. The van der Waals surface area contributed by atoms with Crippen LogP contribution in [0.2, 0.25) is 0 Å². The second-order valence-electron chi connectivity index (χ2n) is 4.83. The Labute approximate surface area is 129 Å². The Morgan fingerprint density at radius 3 is 2.24 bits per heavy atom. The van der Waals surface area contributed by atoms with Gasteiger partial charge in [0.05, 0.1) is 6.04 Å². The first-order chi connectivity index (χ1) is 10.1. The average Bonchev–Trinajstić information content (AvgIpc) is 2.47. The van der Waals surface area contributed by atoms with Crippen molar-refractivity contribution in [1.82, 2.24) is 0 Å². The lowest BCUT2D eigenvalue weighted by Gasteiger charge is -2.17. The molecule has 4 heteroatoms. The third-order valence-corrected chi connectivity index (χ3v) is 4.22. The molecule has 0 bridgehead atoms. The van der Waals surface area contributed by atoms with E-state index in [0.717, 1.165) is 16.5 Å². The summed E-state index contributed by atoms with van der Waals surface area (Å²) < 4.78 is 27.7. The smallest absolute Gasteiger partial charge is 0.131 e. The maximum Gasteiger partial charge on any atom is 0.131 e. The van der Waals surface area contributed by atoms with Gasteiger partial charge in [-0.1, -0.05) is 52.3 Å². The zero-order chi connectivity index (χ0) is 15.0. The predicted octanol–water partition coefficient (Wildman–Crippen LogP) is 4.93. The molecule has 0 aliphatic heterocycles. The first-order valence-corrected chi connectivity index (χ1v) is 7.25. The fraction of sp³-hybridized carbons (Fsp3) is 0.0588. The van der Waals surface area contributed by atoms with Crippen molar-refractivity contribution in [3.8, 4) is 0 Å². The number of fused-ring (bicyclic) bond motifs is 1. The minimum Gasteiger partial charge on any atom is -0.320 e. The van der Waals surface area contributed by atoms with E-state index in [1.165, 1.54) is 18.2 Å². The first kappa shape index (κ1) is 14.2. The molecule has 3 rings (SSSR count). The van der Waals surface area contributed by atoms with E-state index < -0.39 is 6.04 Å². The van der Waals surface area contributed by atoms with Crippen molar-refractivity contribution >= 4 is 26.7 Å². The molecule has 3 aromatic carbocycles. The molecule has 2 N–H and O–H groups in total. The van der Waals surface area contributed by atoms with Crippen LogP contribution < -0.4 is 5.73 Å². The monoisotopic (exact) mass is 347 g/mol. The van der Waals surface area contributed by atoms with Crippen molar-refractivity contribution in [2.45, 2.75) is 6.04 Å². The first-order valence-electron chi connectivity index (χ1n) is 6.45. The van der Waals surface area contributed by atoms with Crippen LogP contribution in [0, 0.1) is 11.6 Å². The predicted molar refractivity (Wildman–Crippen MR) is 84.0 cm³/mol. The molecule has 0 aliphatic rings. The second-order valence-corrected chi connectivity index (χ2v) is 5.68. The maximum absolute atomic E-state index is 13.9. The largest absolute Gasteiger partial charge is 0.320 e. The summed E-state index contributed by atoms with van der Waals surface area (Å²) in [6, 6.07) is 14.2. The Hall–Kier alpha value is -1.78. The molecular formula is C17H12BrF2N. The van der Waals surface area contributed by atoms with Gasteiger partial charge in [-0.2, -0.15) is 0 Å². The van der Waals surface area contributed by atoms with Gasteiger partial charge in [0, 0.05) is 9.86 Å². The lowest BCUT2D eigenvalue weighted by Crippen LogP contribution is -2.13. The van der Waals surface area contributed by atoms with E-state index in [9.17, 15) is 8.78 Å². The molecule has 21 heavy (non-hydrogen) atoms. The third-order valence-electron chi connectivity index (χ3n) is 3.54. The highest BCUT2D eigenvalue weighted by Crippen LogP contribution is 2.32. The minimum atomic E-state index is -0.467. The molecule has 0 aromatic heterocycles. The van der Waals surface area contributed by atoms with Crippen molar-refractivity contribution in [1.29, 1.82) is 0 Å². The molecule has 0 spiro atoms. The van der Waals surface area contributed by atoms with Gasteiger partial charge in [0.1, 0.15) is 11.6 Å². The second kappa shape index (κ2) is 5.54. The van der Waals surface area contributed by atoms with Gasteiger partial charge < -0.3 is 5.73 Å². The highest BCUT2D eigenvalue weighted by atomic mass is 79.9. The molecule has 106 valence electrons. The van der Waals surface area contributed by atoms with Gasteiger partial charge in [0.15, 0.2) is 0 Å². The lowest BCUT2D eigenvalue weighted by atomic mass is 9.94. The van der Waals surface area contributed by atoms with Crippen molar-refractivity contribution in [2.24, 2.45) is 5.73 Å². The van der Waals surface area contributed by atoms with Gasteiger partial charge in [0.2, 0.25) is 0 Å². The van der Waals surface area contributed by atoms with Gasteiger partial charge in [-0.25, -0.2) is 8.78 Å². The zero-order valence-electron chi connectivity index (χ0n) is 11.0. The Morgan fingerprint density at radius 2 is 1.52 bits per heavy atom. The van der Waals surface area contributed by atoms with E-state index in [1.54, 1.807) is 24.3 Å². The van der Waals surface area contributed by atoms with E-state index in [-0.39, 0.29) is 11.6 Å². The van der Waals surface area contributed by atoms with Crippen LogP contribution in [0.1, 0.15) is 17.2 Å². The molecule has 1 unspecified atom stereocenters. The van der Waals surface area contributed by atoms with Crippen LogP contribution in [0.15, 0.2) is 59.1 Å². The molecule has 3 aromatic rings. The van der Waals surface area contributed by atoms with Crippen molar-refractivity contribution in [2.75, 3.05) is 0 Å². The topological polar surface area (TPSA) is 26.0 Å². The molecule has 0 aliphatic carbocycles. The number of hydrogen-bond donors (Lipinski definition) is 1.